The van der Waals surface area contributed by atoms with E-state index in [2.05, 4.69) is 0 Å². The molecule has 1 aromatic heterocycles. The van der Waals surface area contributed by atoms with Crippen molar-refractivity contribution >= 4 is 35.1 Å². The van der Waals surface area contributed by atoms with Gasteiger partial charge in [0.1, 0.15) is 157 Å². The lowest BCUT2D eigenvalue weighted by Gasteiger charge is -2.50. The van der Waals surface area contributed by atoms with Crippen LogP contribution < -0.4 is 14.9 Å². The van der Waals surface area contributed by atoms with Crippen molar-refractivity contribution in [2.24, 2.45) is 0 Å². The van der Waals surface area contributed by atoms with Gasteiger partial charge in [0, 0.05) is 29.8 Å². The van der Waals surface area contributed by atoms with E-state index in [1.807, 2.05) is 0 Å². The second-order valence-corrected chi connectivity index (χ2v) is 23.2. The van der Waals surface area contributed by atoms with E-state index in [0.29, 0.717) is 11.1 Å². The minimum atomic E-state index is -2.34. The van der Waals surface area contributed by atoms with Crippen molar-refractivity contribution in [3.05, 3.63) is 118 Å². The van der Waals surface area contributed by atoms with Crippen LogP contribution in [-0.4, -0.2) is 272 Å². The average molecular weight is 1360 g/mol. The molecule has 0 unspecified atom stereocenters. The number of phenols is 4. The van der Waals surface area contributed by atoms with Gasteiger partial charge in [-0.2, -0.15) is 0 Å². The first kappa shape index (κ1) is 71.2. The minimum Gasteiger partial charge on any atom is -0.508 e. The highest BCUT2D eigenvalue weighted by atomic mass is 16.8. The highest BCUT2D eigenvalue weighted by Crippen LogP contribution is 2.42. The SMILES string of the molecule is C[C@@H]1O[C@@H](Oc2cc(O)c3c(=O)c(O[C@@H]4O[C@@H](C)[C@H](O[C@@H]5O[C@H](CO)[C@@H](O)[C@H](O)[C@H]5O)[C@@H](O[C@@H]5O[C@H](COC(=O)C=Cc6ccc(O)cc6)[C@@H](O)[C@H](O)[C@H]5O)[C@H]4O[C@@H]4O[C@H](COC(=O)C=Cc5ccc(O)cc5)[C@@H](O)[C@H](O)[C@H]4O)c(-c4ccc(O)cc4)oc3c2)[C@H](O)[C@H](O)[C@H]1O. The molecule has 0 saturated carbocycles. The number of aliphatic hydroxyl groups excluding tert-OH is 13. The van der Waals surface area contributed by atoms with E-state index in [1.165, 1.54) is 98.8 Å². The smallest absolute Gasteiger partial charge is 0.330 e. The van der Waals surface area contributed by atoms with Gasteiger partial charge >= 0.3 is 11.9 Å². The monoisotopic (exact) mass is 1360 g/mol. The van der Waals surface area contributed by atoms with E-state index in [9.17, 15) is 96.4 Å². The minimum absolute atomic E-state index is 0.0596. The number of carbonyl (C=O) groups is 2. The Morgan fingerprint density at radius 3 is 1.39 bits per heavy atom. The molecule has 5 fully saturated rings. The van der Waals surface area contributed by atoms with Crippen LogP contribution in [0.25, 0.3) is 34.4 Å². The van der Waals surface area contributed by atoms with Crippen LogP contribution in [0.3, 0.4) is 0 Å². The molecule has 33 heteroatoms. The molecule has 17 N–H and O–H groups in total. The molecule has 5 aliphatic rings. The molecule has 0 amide bonds. The molecule has 6 heterocycles. The molecule has 10 rings (SSSR count). The van der Waals surface area contributed by atoms with Crippen molar-refractivity contribution in [1.29, 1.82) is 0 Å². The van der Waals surface area contributed by atoms with Crippen LogP contribution in [0.1, 0.15) is 25.0 Å². The summed E-state index contributed by atoms with van der Waals surface area (Å²) in [6.07, 6.45) is -45.1. The lowest BCUT2D eigenvalue weighted by molar-refractivity contribution is -0.400. The van der Waals surface area contributed by atoms with E-state index in [4.69, 9.17) is 61.3 Å². The molecule has 0 bridgehead atoms. The molecular weight excluding hydrogens is 1280 g/mol. The standard InChI is InChI=1S/C63H72O33/c1-24-41(71)46(76)50(80)59(86-24)88-32-19-33(68)40-34(20-32)89-55(28-9-15-31(67)16-10-28)56(45(40)75)94-63-58(96-62-53(83)49(79)44(74)37(92-62)23-85-39(70)18-8-27-5-13-30(66)14-6-27)57(54(25(2)87-63)93-60-51(81)47(77)42(72)35(21-64)90-60)95-61-52(82)48(78)43(73)36(91-61)22-84-38(69)17-7-26-3-11-29(65)12-4-26/h3-20,24-25,35-37,41-44,46-54,57-68,71-74,76-83H,21-23H2,1-2H3/t24-,25-,35+,36+,37+,41-,42+,43+,44+,46+,47-,48-,49-,50+,51+,52+,53+,54-,57+,58+,59-,60-,61-,62-,63-/m0/s1. The van der Waals surface area contributed by atoms with Crippen LogP contribution in [-0.2, 0) is 57.0 Å². The van der Waals surface area contributed by atoms with E-state index in [1.54, 1.807) is 0 Å². The van der Waals surface area contributed by atoms with Crippen LogP contribution in [0.15, 0.2) is 106 Å². The van der Waals surface area contributed by atoms with E-state index < -0.39 is 219 Å². The number of ether oxygens (including phenoxy) is 12. The number of fused-ring (bicyclic) bond motifs is 1. The van der Waals surface area contributed by atoms with Gasteiger partial charge in [0.25, 0.3) is 0 Å². The largest absolute Gasteiger partial charge is 0.508 e. The number of aliphatic hydroxyl groups is 13. The Balaban J connectivity index is 1.06. The molecule has 522 valence electrons. The zero-order valence-electron chi connectivity index (χ0n) is 50.6. The second kappa shape index (κ2) is 30.5. The van der Waals surface area contributed by atoms with Gasteiger partial charge in [-0.1, -0.05) is 24.3 Å². The number of esters is 2. The number of hydrogen-bond donors (Lipinski definition) is 17. The summed E-state index contributed by atoms with van der Waals surface area (Å²) in [6.45, 7) is -0.0978. The third-order valence-electron chi connectivity index (χ3n) is 16.5. The van der Waals surface area contributed by atoms with Crippen molar-refractivity contribution in [3.63, 3.8) is 0 Å². The van der Waals surface area contributed by atoms with E-state index >= 15 is 4.79 Å². The summed E-state index contributed by atoms with van der Waals surface area (Å²) in [7, 11) is 0. The Morgan fingerprint density at radius 1 is 0.458 bits per heavy atom. The lowest BCUT2D eigenvalue weighted by Crippen LogP contribution is -2.68. The number of carbonyl (C=O) groups excluding carboxylic acids is 2. The van der Waals surface area contributed by atoms with Gasteiger partial charge in [-0.3, -0.25) is 4.79 Å². The quantitative estimate of drug-likeness (QED) is 0.0268. The maximum atomic E-state index is 15.3. The maximum Gasteiger partial charge on any atom is 0.330 e. The Kier molecular flexibility index (Phi) is 22.6. The number of rotatable bonds is 20. The predicted molar refractivity (Wildman–Crippen MR) is 317 cm³/mol. The molecule has 96 heavy (non-hydrogen) atoms. The van der Waals surface area contributed by atoms with Crippen molar-refractivity contribution in [1.82, 2.24) is 0 Å². The highest BCUT2D eigenvalue weighted by molar-refractivity contribution is 5.89. The van der Waals surface area contributed by atoms with Gasteiger partial charge in [0.15, 0.2) is 30.7 Å². The fourth-order valence-electron chi connectivity index (χ4n) is 11.1. The number of benzene rings is 4. The maximum absolute atomic E-state index is 15.3. The number of aromatic hydroxyl groups is 4. The van der Waals surface area contributed by atoms with Crippen LogP contribution in [0, 0.1) is 0 Å². The molecule has 25 atom stereocenters. The lowest BCUT2D eigenvalue weighted by atomic mass is 9.95. The first-order valence-corrected chi connectivity index (χ1v) is 30.0. The summed E-state index contributed by atoms with van der Waals surface area (Å²) < 4.78 is 78.3. The fourth-order valence-corrected chi connectivity index (χ4v) is 11.1. The summed E-state index contributed by atoms with van der Waals surface area (Å²) in [5.41, 5.74) is -0.858. The van der Waals surface area contributed by atoms with Gasteiger partial charge in [0.05, 0.1) is 18.8 Å². The molecule has 33 nitrogen and oxygen atoms in total. The number of phenolic OH excluding ortho intramolecular Hbond substituents is 4. The van der Waals surface area contributed by atoms with Gasteiger partial charge < -0.3 is 148 Å². The first-order chi connectivity index (χ1) is 45.7. The summed E-state index contributed by atoms with van der Waals surface area (Å²) in [5.74, 6) is -5.10. The molecular formula is C63H72O33. The Morgan fingerprint density at radius 2 is 0.885 bits per heavy atom. The Bertz CT molecular complexity index is 3570. The van der Waals surface area contributed by atoms with Gasteiger partial charge in [0.2, 0.25) is 23.8 Å². The van der Waals surface area contributed by atoms with Crippen molar-refractivity contribution in [3.8, 4) is 45.8 Å². The average Bonchev–Trinajstić information content (AvgIpc) is 0.763. The molecule has 5 aromatic rings. The number of hydrogen-bond acceptors (Lipinski definition) is 33. The van der Waals surface area contributed by atoms with Crippen LogP contribution in [0.2, 0.25) is 0 Å². The summed E-state index contributed by atoms with van der Waals surface area (Å²) in [6, 6.07) is 18.1. The van der Waals surface area contributed by atoms with Crippen molar-refractivity contribution < 1.29 is 158 Å². The molecule has 0 radical (unpaired) electrons. The van der Waals surface area contributed by atoms with Gasteiger partial charge in [-0.25, -0.2) is 9.59 Å². The normalized spacial score (nSPS) is 35.8. The Labute approximate surface area is 542 Å². The first-order valence-electron chi connectivity index (χ1n) is 30.0. The van der Waals surface area contributed by atoms with Gasteiger partial charge in [-0.05, 0) is 85.7 Å². The summed E-state index contributed by atoms with van der Waals surface area (Å²) in [4.78, 5) is 41.4. The summed E-state index contributed by atoms with van der Waals surface area (Å²) >= 11 is 0. The third kappa shape index (κ3) is 15.7. The van der Waals surface area contributed by atoms with E-state index in [0.717, 1.165) is 24.3 Å². The molecule has 5 saturated heterocycles. The summed E-state index contributed by atoms with van der Waals surface area (Å²) in [5, 5.41) is 185. The van der Waals surface area contributed by atoms with Crippen molar-refractivity contribution in [2.75, 3.05) is 19.8 Å². The zero-order chi connectivity index (χ0) is 69.1. The zero-order valence-corrected chi connectivity index (χ0v) is 50.6. The third-order valence-corrected chi connectivity index (χ3v) is 16.5. The van der Waals surface area contributed by atoms with Crippen LogP contribution in [0.4, 0.5) is 0 Å². The second-order valence-electron chi connectivity index (χ2n) is 23.2. The van der Waals surface area contributed by atoms with Crippen LogP contribution in [0.5, 0.6) is 34.5 Å². The molecule has 4 aromatic carbocycles. The topological polar surface area (TPSA) is 519 Å². The van der Waals surface area contributed by atoms with Crippen molar-refractivity contribution in [2.45, 2.75) is 167 Å². The fraction of sp³-hybridized carbons (Fsp3) is 0.476. The van der Waals surface area contributed by atoms with E-state index in [-0.39, 0.29) is 28.6 Å². The Hall–Kier alpha value is -7.53. The molecule has 0 spiro atoms. The van der Waals surface area contributed by atoms with Crippen LogP contribution >= 0.6 is 0 Å². The molecule has 0 aliphatic carbocycles. The molecule has 5 aliphatic heterocycles. The van der Waals surface area contributed by atoms with Gasteiger partial charge in [-0.15, -0.1) is 0 Å². The predicted octanol–water partition coefficient (Wildman–Crippen LogP) is -3.30. The highest BCUT2D eigenvalue weighted by Gasteiger charge is 2.58.